The van der Waals surface area contributed by atoms with Crippen molar-refractivity contribution in [3.05, 3.63) is 65.7 Å². The minimum atomic E-state index is 0.00218. The van der Waals surface area contributed by atoms with Gasteiger partial charge in [0.1, 0.15) is 0 Å². The van der Waals surface area contributed by atoms with Crippen LogP contribution in [0, 0.1) is 5.92 Å². The highest BCUT2D eigenvalue weighted by atomic mass is 27.0. The molecule has 0 spiro atoms. The van der Waals surface area contributed by atoms with Crippen molar-refractivity contribution < 1.29 is 4.79 Å². The zero-order valence-corrected chi connectivity index (χ0v) is 13.8. The van der Waals surface area contributed by atoms with Crippen molar-refractivity contribution in [2.24, 2.45) is 5.92 Å². The number of carbonyl (C=O) groups excluding carboxylic acids is 1. The maximum absolute atomic E-state index is 12.4. The van der Waals surface area contributed by atoms with E-state index in [-0.39, 0.29) is 17.6 Å². The molecule has 2 rings (SSSR count). The zero-order chi connectivity index (χ0) is 13.8. The molecule has 0 saturated heterocycles. The van der Waals surface area contributed by atoms with Crippen molar-refractivity contribution in [3.8, 4) is 0 Å². The summed E-state index contributed by atoms with van der Waals surface area (Å²) in [4.78, 5) is 12.4. The average Bonchev–Trinajstić information content (AvgIpc) is 2.46. The SMILES string of the molecule is CC(C(=O)c1ccccc1)C(C)c1cc[c]([AlH2])cc1. The molecule has 2 heteroatoms. The molecule has 0 amide bonds. The van der Waals surface area contributed by atoms with Crippen LogP contribution in [0.3, 0.4) is 0 Å². The van der Waals surface area contributed by atoms with Crippen molar-refractivity contribution in [1.82, 2.24) is 0 Å². The first-order chi connectivity index (χ1) is 9.09. The van der Waals surface area contributed by atoms with Gasteiger partial charge in [-0.25, -0.2) is 0 Å². The molecule has 19 heavy (non-hydrogen) atoms. The van der Waals surface area contributed by atoms with Crippen molar-refractivity contribution in [3.63, 3.8) is 0 Å². The van der Waals surface area contributed by atoms with Gasteiger partial charge in [0.15, 0.2) is 5.78 Å². The number of hydrogen-bond donors (Lipinski definition) is 0. The summed E-state index contributed by atoms with van der Waals surface area (Å²) < 4.78 is 1.39. The summed E-state index contributed by atoms with van der Waals surface area (Å²) in [5.41, 5.74) is 2.05. The maximum atomic E-state index is 12.4. The Morgan fingerprint density at radius 1 is 0.947 bits per heavy atom. The van der Waals surface area contributed by atoms with Crippen molar-refractivity contribution in [2.75, 3.05) is 0 Å². The monoisotopic (exact) mass is 266 g/mol. The molecule has 2 aromatic rings. The number of rotatable bonds is 4. The van der Waals surface area contributed by atoms with E-state index in [2.05, 4.69) is 31.2 Å². The van der Waals surface area contributed by atoms with E-state index in [1.807, 2.05) is 37.3 Å². The van der Waals surface area contributed by atoms with Crippen LogP contribution in [0.25, 0.3) is 0 Å². The third-order valence-electron chi connectivity index (χ3n) is 3.83. The van der Waals surface area contributed by atoms with Gasteiger partial charge in [-0.2, -0.15) is 0 Å². The number of hydrogen-bond acceptors (Lipinski definition) is 1. The molecule has 0 heterocycles. The topological polar surface area (TPSA) is 17.1 Å². The summed E-state index contributed by atoms with van der Waals surface area (Å²) in [6.45, 7) is 4.15. The van der Waals surface area contributed by atoms with E-state index < -0.39 is 0 Å². The molecule has 1 nitrogen and oxygen atoms in total. The summed E-state index contributed by atoms with van der Waals surface area (Å²) in [6.07, 6.45) is 0. The Bertz CT molecular complexity index is 545. The Labute approximate surface area is 123 Å². The first-order valence-corrected chi connectivity index (χ1v) is 7.75. The van der Waals surface area contributed by atoms with Gasteiger partial charge >= 0.3 is 0 Å². The Morgan fingerprint density at radius 2 is 1.53 bits per heavy atom. The quantitative estimate of drug-likeness (QED) is 0.614. The summed E-state index contributed by atoms with van der Waals surface area (Å²) in [7, 11) is 0. The van der Waals surface area contributed by atoms with Crippen LogP contribution in [0.5, 0.6) is 0 Å². The Hall–Kier alpha value is -1.36. The highest BCUT2D eigenvalue weighted by Gasteiger charge is 2.22. The summed E-state index contributed by atoms with van der Waals surface area (Å²) in [5.74, 6) is 0.473. The summed E-state index contributed by atoms with van der Waals surface area (Å²) >= 11 is 1.07. The summed E-state index contributed by atoms with van der Waals surface area (Å²) in [6, 6.07) is 18.2. The lowest BCUT2D eigenvalue weighted by Crippen LogP contribution is -2.18. The van der Waals surface area contributed by atoms with Crippen LogP contribution in [-0.4, -0.2) is 22.1 Å². The van der Waals surface area contributed by atoms with E-state index in [4.69, 9.17) is 0 Å². The molecular formula is C17H19AlO. The molecule has 0 fully saturated rings. The van der Waals surface area contributed by atoms with Gasteiger partial charge < -0.3 is 0 Å². The Morgan fingerprint density at radius 3 is 2.11 bits per heavy atom. The number of benzene rings is 2. The fourth-order valence-electron chi connectivity index (χ4n) is 2.25. The van der Waals surface area contributed by atoms with E-state index >= 15 is 0 Å². The second-order valence-corrected chi connectivity index (χ2v) is 6.37. The molecule has 0 N–H and O–H groups in total. The van der Waals surface area contributed by atoms with Gasteiger partial charge in [0.05, 0.1) is 0 Å². The van der Waals surface area contributed by atoms with Gasteiger partial charge in [-0.3, -0.25) is 4.79 Å². The second kappa shape index (κ2) is 6.19. The molecule has 96 valence electrons. The molecule has 0 saturated carbocycles. The molecule has 0 aliphatic heterocycles. The lowest BCUT2D eigenvalue weighted by molar-refractivity contribution is 0.0915. The van der Waals surface area contributed by atoms with Crippen LogP contribution in [-0.2, 0) is 0 Å². The molecular weight excluding hydrogens is 247 g/mol. The molecule has 0 bridgehead atoms. The van der Waals surface area contributed by atoms with Gasteiger partial charge in [0, 0.05) is 11.5 Å². The predicted molar refractivity (Wildman–Crippen MR) is 83.0 cm³/mol. The minimum absolute atomic E-state index is 0.00218. The molecule has 2 atom stereocenters. The van der Waals surface area contributed by atoms with Crippen LogP contribution in [0.1, 0.15) is 35.7 Å². The highest BCUT2D eigenvalue weighted by molar-refractivity contribution is 6.32. The average molecular weight is 266 g/mol. The van der Waals surface area contributed by atoms with Crippen LogP contribution in [0.2, 0.25) is 0 Å². The third-order valence-corrected chi connectivity index (χ3v) is 4.49. The van der Waals surface area contributed by atoms with Gasteiger partial charge in [-0.05, 0) is 11.5 Å². The van der Waals surface area contributed by atoms with Crippen LogP contribution >= 0.6 is 0 Å². The predicted octanol–water partition coefficient (Wildman–Crippen LogP) is 2.57. The number of carbonyl (C=O) groups is 1. The van der Waals surface area contributed by atoms with Gasteiger partial charge in [0.25, 0.3) is 16.3 Å². The molecule has 0 radical (unpaired) electrons. The molecule has 0 aliphatic rings. The first kappa shape index (κ1) is 14.1. The van der Waals surface area contributed by atoms with Crippen molar-refractivity contribution >= 4 is 26.5 Å². The lowest BCUT2D eigenvalue weighted by atomic mass is 9.84. The van der Waals surface area contributed by atoms with Gasteiger partial charge in [-0.1, -0.05) is 68.4 Å². The van der Waals surface area contributed by atoms with Crippen LogP contribution in [0.15, 0.2) is 54.6 Å². The van der Waals surface area contributed by atoms with Gasteiger partial charge in [-0.15, -0.1) is 4.43 Å². The fraction of sp³-hybridized carbons (Fsp3) is 0.235. The third kappa shape index (κ3) is 3.35. The normalized spacial score (nSPS) is 13.8. The zero-order valence-electron chi connectivity index (χ0n) is 11.8. The highest BCUT2D eigenvalue weighted by Crippen LogP contribution is 2.26. The lowest BCUT2D eigenvalue weighted by Gasteiger charge is -2.19. The summed E-state index contributed by atoms with van der Waals surface area (Å²) in [5, 5.41) is 0. The van der Waals surface area contributed by atoms with E-state index in [1.54, 1.807) is 0 Å². The van der Waals surface area contributed by atoms with E-state index in [9.17, 15) is 4.79 Å². The fourth-order valence-corrected chi connectivity index (χ4v) is 2.58. The van der Waals surface area contributed by atoms with E-state index in [1.165, 1.54) is 9.99 Å². The molecule has 0 aliphatic carbocycles. The molecule has 2 aromatic carbocycles. The van der Waals surface area contributed by atoms with Crippen molar-refractivity contribution in [2.45, 2.75) is 19.8 Å². The van der Waals surface area contributed by atoms with Crippen LogP contribution < -0.4 is 4.43 Å². The Balaban J connectivity index is 2.17. The number of Topliss-reactive ketones (excluding diaryl/α,β-unsaturated/α-hetero) is 1. The molecule has 2 unspecified atom stereocenters. The standard InChI is InChI=1S/C17H17O.Al.2H/c1-13(15-9-5-3-6-10-15)14(2)17(18)16-11-7-4-8-12-16;;;/h4-14H,1-2H3;;;. The van der Waals surface area contributed by atoms with Gasteiger partial charge in [0.2, 0.25) is 0 Å². The largest absolute Gasteiger partial charge is 0.294 e. The van der Waals surface area contributed by atoms with E-state index in [0.29, 0.717) is 0 Å². The Kier molecular flexibility index (Phi) is 4.58. The molecule has 0 aromatic heterocycles. The smallest absolute Gasteiger partial charge is 0.258 e. The number of ketones is 1. The maximum Gasteiger partial charge on any atom is 0.258 e. The van der Waals surface area contributed by atoms with E-state index in [0.717, 1.165) is 21.9 Å². The van der Waals surface area contributed by atoms with Crippen molar-refractivity contribution in [1.29, 1.82) is 0 Å². The second-order valence-electron chi connectivity index (χ2n) is 5.22. The first-order valence-electron chi connectivity index (χ1n) is 6.75. The van der Waals surface area contributed by atoms with Crippen LogP contribution in [0.4, 0.5) is 0 Å². The minimum Gasteiger partial charge on any atom is -0.294 e.